The molecule has 2 aliphatic heterocycles. The zero-order valence-corrected chi connectivity index (χ0v) is 9.83. The zero-order chi connectivity index (χ0) is 12.1. The van der Waals surface area contributed by atoms with E-state index in [2.05, 4.69) is 27.0 Å². The molecule has 0 spiro atoms. The molecule has 6 nitrogen and oxygen atoms in total. The van der Waals surface area contributed by atoms with Crippen LogP contribution in [-0.4, -0.2) is 20.9 Å². The van der Waals surface area contributed by atoms with Gasteiger partial charge in [-0.25, -0.2) is 5.43 Å². The minimum absolute atomic E-state index is 0.101. The molecule has 0 saturated heterocycles. The fourth-order valence-electron chi connectivity index (χ4n) is 2.38. The van der Waals surface area contributed by atoms with E-state index >= 15 is 0 Å². The number of hydrogen-bond donors (Lipinski definition) is 2. The monoisotopic (exact) mass is 240 g/mol. The predicted octanol–water partition coefficient (Wildman–Crippen LogP) is 0.932. The Hall–Kier alpha value is -2.34. The Morgan fingerprint density at radius 2 is 2.33 bits per heavy atom. The van der Waals surface area contributed by atoms with Gasteiger partial charge in [-0.1, -0.05) is 0 Å². The first kappa shape index (κ1) is 9.67. The molecule has 2 N–H and O–H groups in total. The summed E-state index contributed by atoms with van der Waals surface area (Å²) in [5, 5.41) is 9.69. The molecular weight excluding hydrogens is 228 g/mol. The average Bonchev–Trinajstić information content (AvgIpc) is 3.00. The van der Waals surface area contributed by atoms with Crippen LogP contribution in [0.5, 0.6) is 0 Å². The van der Waals surface area contributed by atoms with Crippen molar-refractivity contribution in [1.29, 1.82) is 0 Å². The molecule has 18 heavy (non-hydrogen) atoms. The molecule has 0 amide bonds. The topological polar surface area (TPSA) is 58.0 Å². The number of aromatic nitrogens is 3. The van der Waals surface area contributed by atoms with E-state index < -0.39 is 0 Å². The van der Waals surface area contributed by atoms with Gasteiger partial charge in [0.2, 0.25) is 0 Å². The molecule has 2 aromatic heterocycles. The van der Waals surface area contributed by atoms with Crippen LogP contribution in [0.15, 0.2) is 36.9 Å². The lowest BCUT2D eigenvalue weighted by Crippen LogP contribution is -2.39. The molecule has 6 heteroatoms. The van der Waals surface area contributed by atoms with E-state index in [4.69, 9.17) is 0 Å². The molecule has 2 aliphatic rings. The summed E-state index contributed by atoms with van der Waals surface area (Å²) in [6.45, 7) is 0. The highest BCUT2D eigenvalue weighted by molar-refractivity contribution is 5.87. The Labute approximate surface area is 104 Å². The number of pyridine rings is 1. The quantitative estimate of drug-likeness (QED) is 0.776. The molecule has 0 saturated carbocycles. The summed E-state index contributed by atoms with van der Waals surface area (Å²) in [5.74, 6) is 0.937. The van der Waals surface area contributed by atoms with E-state index in [-0.39, 0.29) is 6.17 Å². The highest BCUT2D eigenvalue weighted by Crippen LogP contribution is 2.36. The molecule has 4 rings (SSSR count). The first-order chi connectivity index (χ1) is 8.81. The van der Waals surface area contributed by atoms with E-state index in [0.29, 0.717) is 0 Å². The molecule has 1 unspecified atom stereocenters. The SMILES string of the molecule is Cn1cc2c(n1)NC1NN(c3cccnc3)C=C21. The van der Waals surface area contributed by atoms with Crippen molar-refractivity contribution >= 4 is 17.1 Å². The van der Waals surface area contributed by atoms with Gasteiger partial charge in [-0.3, -0.25) is 14.7 Å². The maximum absolute atomic E-state index is 4.37. The number of hydrogen-bond acceptors (Lipinski definition) is 5. The van der Waals surface area contributed by atoms with Gasteiger partial charge in [-0.2, -0.15) is 5.10 Å². The van der Waals surface area contributed by atoms with Crippen LogP contribution in [0.1, 0.15) is 5.56 Å². The third-order valence-electron chi connectivity index (χ3n) is 3.19. The van der Waals surface area contributed by atoms with E-state index in [1.165, 1.54) is 5.57 Å². The van der Waals surface area contributed by atoms with Crippen LogP contribution in [0.2, 0.25) is 0 Å². The lowest BCUT2D eigenvalue weighted by molar-refractivity contribution is 0.696. The average molecular weight is 240 g/mol. The van der Waals surface area contributed by atoms with Crippen molar-refractivity contribution in [2.75, 3.05) is 10.3 Å². The van der Waals surface area contributed by atoms with Crippen molar-refractivity contribution in [2.45, 2.75) is 6.17 Å². The number of rotatable bonds is 1. The van der Waals surface area contributed by atoms with E-state index in [1.807, 2.05) is 41.3 Å². The third kappa shape index (κ3) is 1.26. The summed E-state index contributed by atoms with van der Waals surface area (Å²) < 4.78 is 1.82. The molecule has 0 radical (unpaired) electrons. The Balaban J connectivity index is 1.73. The van der Waals surface area contributed by atoms with Gasteiger partial charge in [0.15, 0.2) is 5.82 Å². The van der Waals surface area contributed by atoms with Gasteiger partial charge in [-0.05, 0) is 12.1 Å². The standard InChI is InChI=1S/C12H12N6/c1-17-6-9-10-7-18(8-3-2-4-13-5-8)16-12(10)14-11(9)15-17/h2-7,12,16H,1H3,(H,14,15). The summed E-state index contributed by atoms with van der Waals surface area (Å²) in [5.41, 5.74) is 6.75. The lowest BCUT2D eigenvalue weighted by Gasteiger charge is -2.18. The van der Waals surface area contributed by atoms with E-state index in [0.717, 1.165) is 17.1 Å². The Morgan fingerprint density at radius 1 is 1.39 bits per heavy atom. The molecule has 0 aromatic carbocycles. The number of anilines is 2. The van der Waals surface area contributed by atoms with Crippen LogP contribution in [0.4, 0.5) is 11.5 Å². The smallest absolute Gasteiger partial charge is 0.157 e. The van der Waals surface area contributed by atoms with Gasteiger partial charge < -0.3 is 5.32 Å². The fourth-order valence-corrected chi connectivity index (χ4v) is 2.38. The molecule has 0 fully saturated rings. The summed E-state index contributed by atoms with van der Waals surface area (Å²) in [4.78, 5) is 4.12. The Morgan fingerprint density at radius 3 is 3.17 bits per heavy atom. The Bertz CT molecular complexity index is 629. The molecule has 4 heterocycles. The first-order valence-corrected chi connectivity index (χ1v) is 5.79. The van der Waals surface area contributed by atoms with Crippen LogP contribution in [0, 0.1) is 0 Å². The fraction of sp³-hybridized carbons (Fsp3) is 0.167. The summed E-state index contributed by atoms with van der Waals surface area (Å²) >= 11 is 0. The van der Waals surface area contributed by atoms with Crippen LogP contribution < -0.4 is 15.8 Å². The van der Waals surface area contributed by atoms with Crippen molar-refractivity contribution in [3.05, 3.63) is 42.5 Å². The number of aryl methyl sites for hydroxylation is 1. The maximum Gasteiger partial charge on any atom is 0.157 e. The summed E-state index contributed by atoms with van der Waals surface area (Å²) in [7, 11) is 1.93. The molecule has 2 aromatic rings. The van der Waals surface area contributed by atoms with Crippen LogP contribution >= 0.6 is 0 Å². The van der Waals surface area contributed by atoms with Crippen LogP contribution in [-0.2, 0) is 7.05 Å². The minimum atomic E-state index is 0.101. The van der Waals surface area contributed by atoms with Crippen LogP contribution in [0.3, 0.4) is 0 Å². The normalized spacial score (nSPS) is 20.4. The van der Waals surface area contributed by atoms with Gasteiger partial charge in [0.25, 0.3) is 0 Å². The second kappa shape index (κ2) is 3.33. The highest BCUT2D eigenvalue weighted by atomic mass is 15.6. The van der Waals surface area contributed by atoms with Gasteiger partial charge in [0, 0.05) is 36.8 Å². The predicted molar refractivity (Wildman–Crippen MR) is 68.4 cm³/mol. The molecule has 0 bridgehead atoms. The number of hydrazine groups is 1. The van der Waals surface area contributed by atoms with Gasteiger partial charge in [-0.15, -0.1) is 0 Å². The third-order valence-corrected chi connectivity index (χ3v) is 3.19. The summed E-state index contributed by atoms with van der Waals surface area (Å²) in [6.07, 6.45) is 7.81. The van der Waals surface area contributed by atoms with Crippen molar-refractivity contribution < 1.29 is 0 Å². The van der Waals surface area contributed by atoms with Crippen LogP contribution in [0.25, 0.3) is 5.57 Å². The second-order valence-corrected chi connectivity index (χ2v) is 4.44. The van der Waals surface area contributed by atoms with Gasteiger partial charge >= 0.3 is 0 Å². The van der Waals surface area contributed by atoms with E-state index in [9.17, 15) is 0 Å². The van der Waals surface area contributed by atoms with Gasteiger partial charge in [0.1, 0.15) is 6.17 Å². The minimum Gasteiger partial charge on any atom is -0.347 e. The zero-order valence-electron chi connectivity index (χ0n) is 9.83. The Kier molecular flexibility index (Phi) is 1.79. The van der Waals surface area contributed by atoms with E-state index in [1.54, 1.807) is 6.20 Å². The van der Waals surface area contributed by atoms with Crippen molar-refractivity contribution in [2.24, 2.45) is 7.05 Å². The summed E-state index contributed by atoms with van der Waals surface area (Å²) in [6, 6.07) is 3.94. The van der Waals surface area contributed by atoms with Crippen molar-refractivity contribution in [1.82, 2.24) is 20.2 Å². The van der Waals surface area contributed by atoms with Gasteiger partial charge in [0.05, 0.1) is 11.9 Å². The maximum atomic E-state index is 4.37. The molecule has 0 aliphatic carbocycles. The number of fused-ring (bicyclic) bond motifs is 3. The largest absolute Gasteiger partial charge is 0.347 e. The number of nitrogens with one attached hydrogen (secondary N) is 2. The molecule has 90 valence electrons. The molecular formula is C12H12N6. The highest BCUT2D eigenvalue weighted by Gasteiger charge is 2.34. The second-order valence-electron chi connectivity index (χ2n) is 4.44. The lowest BCUT2D eigenvalue weighted by atomic mass is 10.2. The van der Waals surface area contributed by atoms with Crippen molar-refractivity contribution in [3.8, 4) is 0 Å². The molecule has 1 atom stereocenters. The number of nitrogens with zero attached hydrogens (tertiary/aromatic N) is 4. The van der Waals surface area contributed by atoms with Crippen molar-refractivity contribution in [3.63, 3.8) is 0 Å². The first-order valence-electron chi connectivity index (χ1n) is 5.79.